The fourth-order valence-corrected chi connectivity index (χ4v) is 2.97. The van der Waals surface area contributed by atoms with E-state index in [1.807, 2.05) is 45.0 Å². The van der Waals surface area contributed by atoms with Gasteiger partial charge in [0.2, 0.25) is 5.91 Å². The maximum atomic E-state index is 12.2. The van der Waals surface area contributed by atoms with Gasteiger partial charge in [0.1, 0.15) is 0 Å². The quantitative estimate of drug-likeness (QED) is 0.817. The van der Waals surface area contributed by atoms with Crippen LogP contribution < -0.4 is 5.32 Å². The van der Waals surface area contributed by atoms with E-state index in [2.05, 4.69) is 37.4 Å². The summed E-state index contributed by atoms with van der Waals surface area (Å²) in [6.07, 6.45) is 0. The maximum Gasteiger partial charge on any atom is 0.229 e. The van der Waals surface area contributed by atoms with E-state index in [0.29, 0.717) is 0 Å². The van der Waals surface area contributed by atoms with Gasteiger partial charge in [-0.25, -0.2) is 0 Å². The van der Waals surface area contributed by atoms with Crippen LogP contribution in [0.3, 0.4) is 0 Å². The lowest BCUT2D eigenvalue weighted by atomic mass is 9.95. The molecule has 0 saturated carbocycles. The van der Waals surface area contributed by atoms with Crippen molar-refractivity contribution >= 4 is 23.4 Å². The van der Waals surface area contributed by atoms with E-state index in [4.69, 9.17) is 0 Å². The number of amides is 1. The average molecular weight is 313 g/mol. The highest BCUT2D eigenvalue weighted by Gasteiger charge is 2.22. The van der Waals surface area contributed by atoms with Gasteiger partial charge in [-0.05, 0) is 37.6 Å². The van der Waals surface area contributed by atoms with Gasteiger partial charge < -0.3 is 5.32 Å². The normalized spacial score (nSPS) is 11.3. The smallest absolute Gasteiger partial charge is 0.229 e. The zero-order valence-corrected chi connectivity index (χ0v) is 14.7. The van der Waals surface area contributed by atoms with E-state index in [0.717, 1.165) is 10.6 Å². The first-order valence-corrected chi connectivity index (χ1v) is 8.24. The van der Waals surface area contributed by atoms with Gasteiger partial charge in [0.15, 0.2) is 0 Å². The van der Waals surface area contributed by atoms with Crippen molar-refractivity contribution in [2.45, 2.75) is 44.4 Å². The molecule has 0 aliphatic rings. The van der Waals surface area contributed by atoms with Crippen LogP contribution in [0.1, 0.15) is 31.9 Å². The third-order valence-corrected chi connectivity index (χ3v) is 4.62. The first kappa shape index (κ1) is 16.6. The summed E-state index contributed by atoms with van der Waals surface area (Å²) in [5, 5.41) is 3.04. The van der Waals surface area contributed by atoms with Crippen molar-refractivity contribution in [1.29, 1.82) is 0 Å². The molecule has 0 fully saturated rings. The number of carbonyl (C=O) groups is 1. The summed E-state index contributed by atoms with van der Waals surface area (Å²) in [6, 6.07) is 14.4. The van der Waals surface area contributed by atoms with E-state index in [1.165, 1.54) is 16.0 Å². The van der Waals surface area contributed by atoms with Gasteiger partial charge in [0.05, 0.1) is 5.69 Å². The molecule has 2 nitrogen and oxygen atoms in total. The third kappa shape index (κ3) is 4.14. The molecule has 2 aromatic rings. The zero-order valence-electron chi connectivity index (χ0n) is 13.9. The molecule has 0 radical (unpaired) electrons. The summed E-state index contributed by atoms with van der Waals surface area (Å²) in [6.45, 7) is 9.97. The second-order valence-electron chi connectivity index (χ2n) is 6.57. The molecule has 0 aliphatic heterocycles. The van der Waals surface area contributed by atoms with Gasteiger partial charge in [0.25, 0.3) is 0 Å². The van der Waals surface area contributed by atoms with Crippen LogP contribution in [-0.2, 0) is 4.79 Å². The lowest BCUT2D eigenvalue weighted by Crippen LogP contribution is -2.27. The van der Waals surface area contributed by atoms with E-state index in [-0.39, 0.29) is 5.91 Å². The van der Waals surface area contributed by atoms with Gasteiger partial charge in [0, 0.05) is 15.2 Å². The maximum absolute atomic E-state index is 12.2. The number of aryl methyl sites for hydroxylation is 2. The molecule has 22 heavy (non-hydrogen) atoms. The molecule has 0 bridgehead atoms. The van der Waals surface area contributed by atoms with Crippen LogP contribution in [0.2, 0.25) is 0 Å². The zero-order chi connectivity index (χ0) is 16.3. The van der Waals surface area contributed by atoms with Crippen molar-refractivity contribution in [2.75, 3.05) is 5.32 Å². The van der Waals surface area contributed by atoms with Gasteiger partial charge >= 0.3 is 0 Å². The Morgan fingerprint density at radius 2 is 1.68 bits per heavy atom. The topological polar surface area (TPSA) is 29.1 Å². The summed E-state index contributed by atoms with van der Waals surface area (Å²) in [4.78, 5) is 14.5. The Morgan fingerprint density at radius 1 is 1.00 bits per heavy atom. The molecule has 2 rings (SSSR count). The number of anilines is 1. The van der Waals surface area contributed by atoms with Crippen molar-refractivity contribution in [2.24, 2.45) is 5.41 Å². The number of carbonyl (C=O) groups excluding carboxylic acids is 1. The van der Waals surface area contributed by atoms with Crippen LogP contribution in [0.5, 0.6) is 0 Å². The molecule has 0 atom stereocenters. The summed E-state index contributed by atoms with van der Waals surface area (Å²) in [7, 11) is 0. The molecule has 0 aliphatic carbocycles. The monoisotopic (exact) mass is 313 g/mol. The molecular formula is C19H23NOS. The largest absolute Gasteiger partial charge is 0.325 e. The fourth-order valence-electron chi connectivity index (χ4n) is 2.00. The fraction of sp³-hybridized carbons (Fsp3) is 0.316. The lowest BCUT2D eigenvalue weighted by Gasteiger charge is -2.19. The minimum absolute atomic E-state index is 0.0289. The summed E-state index contributed by atoms with van der Waals surface area (Å²) in [5.74, 6) is 0.0289. The van der Waals surface area contributed by atoms with Crippen LogP contribution in [0, 0.1) is 19.3 Å². The minimum Gasteiger partial charge on any atom is -0.325 e. The Hall–Kier alpha value is -1.74. The van der Waals surface area contributed by atoms with E-state index < -0.39 is 5.41 Å². The summed E-state index contributed by atoms with van der Waals surface area (Å²) in [5.41, 5.74) is 2.97. The highest BCUT2D eigenvalue weighted by atomic mass is 32.2. The van der Waals surface area contributed by atoms with E-state index in [1.54, 1.807) is 11.8 Å². The number of para-hydroxylation sites is 1. The molecule has 1 N–H and O–H groups in total. The predicted octanol–water partition coefficient (Wildman–Crippen LogP) is 5.44. The Morgan fingerprint density at radius 3 is 2.32 bits per heavy atom. The molecule has 0 heterocycles. The number of nitrogens with one attached hydrogen (secondary N) is 1. The van der Waals surface area contributed by atoms with Gasteiger partial charge in [-0.2, -0.15) is 0 Å². The molecule has 1 amide bonds. The Kier molecular flexibility index (Phi) is 4.97. The van der Waals surface area contributed by atoms with Crippen LogP contribution in [0.25, 0.3) is 0 Å². The lowest BCUT2D eigenvalue weighted by molar-refractivity contribution is -0.123. The first-order chi connectivity index (χ1) is 10.3. The second kappa shape index (κ2) is 6.57. The SMILES string of the molecule is Cc1ccc(Sc2ccccc2NC(=O)C(C)(C)C)c(C)c1. The molecule has 0 spiro atoms. The Bertz CT molecular complexity index is 686. The van der Waals surface area contributed by atoms with Gasteiger partial charge in [-0.3, -0.25) is 4.79 Å². The molecular weight excluding hydrogens is 290 g/mol. The molecule has 0 aromatic heterocycles. The van der Waals surface area contributed by atoms with Crippen LogP contribution in [-0.4, -0.2) is 5.91 Å². The van der Waals surface area contributed by atoms with Gasteiger partial charge in [-0.1, -0.05) is 62.4 Å². The standard InChI is InChI=1S/C19H23NOS/c1-13-10-11-16(14(2)12-13)22-17-9-7-6-8-15(17)20-18(21)19(3,4)5/h6-12H,1-5H3,(H,20,21). The molecule has 0 unspecified atom stereocenters. The van der Waals surface area contributed by atoms with Crippen molar-refractivity contribution in [1.82, 2.24) is 0 Å². The number of hydrogen-bond acceptors (Lipinski definition) is 2. The predicted molar refractivity (Wildman–Crippen MR) is 94.6 cm³/mol. The van der Waals surface area contributed by atoms with Crippen molar-refractivity contribution in [3.8, 4) is 0 Å². The van der Waals surface area contributed by atoms with Crippen molar-refractivity contribution < 1.29 is 4.79 Å². The molecule has 0 saturated heterocycles. The van der Waals surface area contributed by atoms with E-state index >= 15 is 0 Å². The molecule has 3 heteroatoms. The number of benzene rings is 2. The van der Waals surface area contributed by atoms with Crippen molar-refractivity contribution in [3.63, 3.8) is 0 Å². The first-order valence-electron chi connectivity index (χ1n) is 7.43. The summed E-state index contributed by atoms with van der Waals surface area (Å²) >= 11 is 1.69. The second-order valence-corrected chi connectivity index (χ2v) is 7.66. The van der Waals surface area contributed by atoms with E-state index in [9.17, 15) is 4.79 Å². The number of hydrogen-bond donors (Lipinski definition) is 1. The molecule has 116 valence electrons. The summed E-state index contributed by atoms with van der Waals surface area (Å²) < 4.78 is 0. The Balaban J connectivity index is 2.27. The Labute approximate surface area is 137 Å². The highest BCUT2D eigenvalue weighted by molar-refractivity contribution is 7.99. The minimum atomic E-state index is -0.405. The van der Waals surface area contributed by atoms with Crippen LogP contribution in [0.4, 0.5) is 5.69 Å². The van der Waals surface area contributed by atoms with Crippen LogP contribution >= 0.6 is 11.8 Å². The number of rotatable bonds is 3. The van der Waals surface area contributed by atoms with Crippen LogP contribution in [0.15, 0.2) is 52.3 Å². The highest BCUT2D eigenvalue weighted by Crippen LogP contribution is 2.36. The third-order valence-electron chi connectivity index (χ3n) is 3.37. The average Bonchev–Trinajstić information content (AvgIpc) is 2.42. The van der Waals surface area contributed by atoms with Gasteiger partial charge in [-0.15, -0.1) is 0 Å². The van der Waals surface area contributed by atoms with Crippen molar-refractivity contribution in [3.05, 3.63) is 53.6 Å². The molecule has 2 aromatic carbocycles.